The number of hydrogen-bond donors (Lipinski definition) is 1. The molecule has 1 N–H and O–H groups in total. The van der Waals surface area contributed by atoms with E-state index in [0.717, 1.165) is 0 Å². The number of fused-ring (bicyclic) bond motifs is 1. The molecule has 2 heterocycles. The molecular formula is C22H20Cl2N2O5. The van der Waals surface area contributed by atoms with Crippen molar-refractivity contribution >= 4 is 40.8 Å². The standard InChI is InChI=1S/C22H20Cl2N2O5/c23-16-3-1-14(9-17(16)24)21(28)13-5-7-26(8-6-13)20(27)11-25-22(29)15-2-4-18-19(10-15)31-12-30-18/h1-4,9-10,13H,5-8,11-12H2,(H,25,29). The number of carbonyl (C=O) groups excluding carboxylic acids is 3. The molecule has 0 aromatic heterocycles. The predicted molar refractivity (Wildman–Crippen MR) is 115 cm³/mol. The maximum atomic E-state index is 12.7. The van der Waals surface area contributed by atoms with Gasteiger partial charge in [0.15, 0.2) is 17.3 Å². The molecule has 2 aromatic rings. The number of Topliss-reactive ketones (excluding diaryl/α,β-unsaturated/α-hetero) is 1. The highest BCUT2D eigenvalue weighted by Gasteiger charge is 2.28. The maximum absolute atomic E-state index is 12.7. The highest BCUT2D eigenvalue weighted by atomic mass is 35.5. The minimum absolute atomic E-state index is 0.00164. The Morgan fingerprint density at radius 1 is 0.935 bits per heavy atom. The molecule has 0 atom stereocenters. The van der Waals surface area contributed by atoms with Crippen molar-refractivity contribution in [1.29, 1.82) is 0 Å². The number of likely N-dealkylation sites (tertiary alicyclic amines) is 1. The first-order valence-electron chi connectivity index (χ1n) is 9.87. The van der Waals surface area contributed by atoms with Crippen molar-refractivity contribution in [1.82, 2.24) is 10.2 Å². The summed E-state index contributed by atoms with van der Waals surface area (Å²) >= 11 is 11.9. The monoisotopic (exact) mass is 462 g/mol. The van der Waals surface area contributed by atoms with Gasteiger partial charge in [-0.1, -0.05) is 23.2 Å². The third-order valence-corrected chi connectivity index (χ3v) is 6.20. The fourth-order valence-corrected chi connectivity index (χ4v) is 3.98. The number of benzene rings is 2. The summed E-state index contributed by atoms with van der Waals surface area (Å²) in [5.41, 5.74) is 0.915. The molecule has 1 fully saturated rings. The van der Waals surface area contributed by atoms with Crippen LogP contribution in [-0.2, 0) is 4.79 Å². The van der Waals surface area contributed by atoms with E-state index in [1.807, 2.05) is 0 Å². The van der Waals surface area contributed by atoms with Gasteiger partial charge in [-0.2, -0.15) is 0 Å². The summed E-state index contributed by atoms with van der Waals surface area (Å²) in [6, 6.07) is 9.72. The Bertz CT molecular complexity index is 1030. The van der Waals surface area contributed by atoms with E-state index in [4.69, 9.17) is 32.7 Å². The van der Waals surface area contributed by atoms with Crippen molar-refractivity contribution < 1.29 is 23.9 Å². The number of amides is 2. The van der Waals surface area contributed by atoms with Crippen LogP contribution < -0.4 is 14.8 Å². The average Bonchev–Trinajstić information content (AvgIpc) is 3.26. The fraction of sp³-hybridized carbons (Fsp3) is 0.318. The Balaban J connectivity index is 1.26. The number of carbonyl (C=O) groups is 3. The van der Waals surface area contributed by atoms with E-state index in [1.54, 1.807) is 41.3 Å². The molecule has 2 aliphatic heterocycles. The van der Waals surface area contributed by atoms with Gasteiger partial charge in [0.1, 0.15) is 0 Å². The molecule has 2 aromatic carbocycles. The minimum Gasteiger partial charge on any atom is -0.454 e. The third kappa shape index (κ3) is 4.78. The lowest BCUT2D eigenvalue weighted by atomic mass is 9.89. The second-order valence-electron chi connectivity index (χ2n) is 7.40. The molecule has 0 aliphatic carbocycles. The van der Waals surface area contributed by atoms with Crippen molar-refractivity contribution in [2.75, 3.05) is 26.4 Å². The van der Waals surface area contributed by atoms with Crippen molar-refractivity contribution in [2.45, 2.75) is 12.8 Å². The number of ether oxygens (including phenoxy) is 2. The van der Waals surface area contributed by atoms with Gasteiger partial charge in [0, 0.05) is 30.1 Å². The number of ketones is 1. The molecule has 2 amide bonds. The van der Waals surface area contributed by atoms with Crippen LogP contribution >= 0.6 is 23.2 Å². The first-order valence-corrected chi connectivity index (χ1v) is 10.6. The molecule has 7 nitrogen and oxygen atoms in total. The second kappa shape index (κ2) is 9.16. The van der Waals surface area contributed by atoms with Gasteiger partial charge in [-0.15, -0.1) is 0 Å². The highest BCUT2D eigenvalue weighted by molar-refractivity contribution is 6.42. The smallest absolute Gasteiger partial charge is 0.251 e. The minimum atomic E-state index is -0.365. The van der Waals surface area contributed by atoms with Crippen molar-refractivity contribution in [3.63, 3.8) is 0 Å². The lowest BCUT2D eigenvalue weighted by Gasteiger charge is -2.31. The molecule has 2 aliphatic rings. The topological polar surface area (TPSA) is 84.9 Å². The zero-order valence-electron chi connectivity index (χ0n) is 16.5. The van der Waals surface area contributed by atoms with Gasteiger partial charge in [-0.25, -0.2) is 0 Å². The molecule has 1 saturated heterocycles. The molecule has 0 spiro atoms. The van der Waals surface area contributed by atoms with Gasteiger partial charge in [0.25, 0.3) is 5.91 Å². The van der Waals surface area contributed by atoms with Crippen LogP contribution in [0.2, 0.25) is 10.0 Å². The van der Waals surface area contributed by atoms with E-state index in [1.165, 1.54) is 0 Å². The number of hydrogen-bond acceptors (Lipinski definition) is 5. The van der Waals surface area contributed by atoms with E-state index in [-0.39, 0.29) is 36.9 Å². The van der Waals surface area contributed by atoms with Crippen LogP contribution in [0.1, 0.15) is 33.6 Å². The number of nitrogens with one attached hydrogen (secondary N) is 1. The predicted octanol–water partition coefficient (Wildman–Crippen LogP) is 3.57. The molecule has 0 saturated carbocycles. The van der Waals surface area contributed by atoms with E-state index in [9.17, 15) is 14.4 Å². The van der Waals surface area contributed by atoms with Crippen LogP contribution in [0.25, 0.3) is 0 Å². The number of halogens is 2. The molecular weight excluding hydrogens is 443 g/mol. The quantitative estimate of drug-likeness (QED) is 0.686. The van der Waals surface area contributed by atoms with E-state index in [2.05, 4.69) is 5.32 Å². The summed E-state index contributed by atoms with van der Waals surface area (Å²) in [5, 5.41) is 3.39. The Morgan fingerprint density at radius 2 is 1.65 bits per heavy atom. The molecule has 0 radical (unpaired) electrons. The summed E-state index contributed by atoms with van der Waals surface area (Å²) in [6.07, 6.45) is 1.11. The van der Waals surface area contributed by atoms with E-state index < -0.39 is 0 Å². The molecule has 31 heavy (non-hydrogen) atoms. The molecule has 0 bridgehead atoms. The van der Waals surface area contributed by atoms with Gasteiger partial charge in [0.2, 0.25) is 12.7 Å². The fourth-order valence-electron chi connectivity index (χ4n) is 3.68. The van der Waals surface area contributed by atoms with E-state index in [0.29, 0.717) is 58.6 Å². The number of piperidine rings is 1. The van der Waals surface area contributed by atoms with Crippen LogP contribution in [0.3, 0.4) is 0 Å². The number of rotatable bonds is 5. The van der Waals surface area contributed by atoms with Crippen LogP contribution in [0, 0.1) is 5.92 Å². The first-order chi connectivity index (χ1) is 14.9. The van der Waals surface area contributed by atoms with Gasteiger partial charge >= 0.3 is 0 Å². The Labute approximate surface area is 189 Å². The van der Waals surface area contributed by atoms with Gasteiger partial charge < -0.3 is 19.7 Å². The van der Waals surface area contributed by atoms with Gasteiger partial charge in [-0.3, -0.25) is 14.4 Å². The molecule has 162 valence electrons. The first kappa shape index (κ1) is 21.5. The van der Waals surface area contributed by atoms with Crippen LogP contribution in [0.15, 0.2) is 36.4 Å². The largest absolute Gasteiger partial charge is 0.454 e. The Morgan fingerprint density at radius 3 is 2.39 bits per heavy atom. The molecule has 9 heteroatoms. The zero-order chi connectivity index (χ0) is 22.0. The third-order valence-electron chi connectivity index (χ3n) is 5.46. The van der Waals surface area contributed by atoms with E-state index >= 15 is 0 Å². The Kier molecular flexibility index (Phi) is 6.34. The summed E-state index contributed by atoms with van der Waals surface area (Å²) < 4.78 is 10.5. The summed E-state index contributed by atoms with van der Waals surface area (Å²) in [7, 11) is 0. The van der Waals surface area contributed by atoms with Gasteiger partial charge in [-0.05, 0) is 49.2 Å². The second-order valence-corrected chi connectivity index (χ2v) is 8.21. The number of nitrogens with zero attached hydrogens (tertiary/aromatic N) is 1. The summed E-state index contributed by atoms with van der Waals surface area (Å²) in [6.45, 7) is 0.925. The summed E-state index contributed by atoms with van der Waals surface area (Å²) in [4.78, 5) is 39.2. The van der Waals surface area contributed by atoms with Crippen LogP contribution in [0.5, 0.6) is 11.5 Å². The van der Waals surface area contributed by atoms with Gasteiger partial charge in [0.05, 0.1) is 16.6 Å². The zero-order valence-corrected chi connectivity index (χ0v) is 18.0. The average molecular weight is 463 g/mol. The van der Waals surface area contributed by atoms with Crippen molar-refractivity contribution in [2.24, 2.45) is 5.92 Å². The Hall–Kier alpha value is -2.77. The molecule has 0 unspecified atom stereocenters. The summed E-state index contributed by atoms with van der Waals surface area (Å²) in [5.74, 6) is 0.371. The van der Waals surface area contributed by atoms with Crippen molar-refractivity contribution in [3.8, 4) is 11.5 Å². The maximum Gasteiger partial charge on any atom is 0.251 e. The van der Waals surface area contributed by atoms with Crippen LogP contribution in [-0.4, -0.2) is 48.9 Å². The lowest BCUT2D eigenvalue weighted by molar-refractivity contribution is -0.131. The highest BCUT2D eigenvalue weighted by Crippen LogP contribution is 2.32. The van der Waals surface area contributed by atoms with Crippen molar-refractivity contribution in [3.05, 3.63) is 57.6 Å². The molecule has 4 rings (SSSR count). The van der Waals surface area contributed by atoms with Crippen LogP contribution in [0.4, 0.5) is 0 Å². The SMILES string of the molecule is O=C(NCC(=O)N1CCC(C(=O)c2ccc(Cl)c(Cl)c2)CC1)c1ccc2c(c1)OCO2. The lowest BCUT2D eigenvalue weighted by Crippen LogP contribution is -2.45. The normalized spacial score (nSPS) is 15.6.